The van der Waals surface area contributed by atoms with Crippen molar-refractivity contribution in [3.8, 4) is 22.9 Å². The Morgan fingerprint density at radius 3 is 2.42 bits per heavy atom. The fourth-order valence-corrected chi connectivity index (χ4v) is 7.72. The lowest BCUT2D eigenvalue weighted by atomic mass is 9.77. The van der Waals surface area contributed by atoms with E-state index in [2.05, 4.69) is 17.2 Å². The number of amides is 2. The molecule has 1 saturated carbocycles. The molecule has 0 bridgehead atoms. The van der Waals surface area contributed by atoms with Crippen molar-refractivity contribution < 1.29 is 38.1 Å². The van der Waals surface area contributed by atoms with E-state index >= 15 is 0 Å². The summed E-state index contributed by atoms with van der Waals surface area (Å²) in [6, 6.07) is 6.48. The lowest BCUT2D eigenvalue weighted by Gasteiger charge is -2.35. The molecule has 298 valence electrons. The SMILES string of the molecule is C=C[C@@H]1C[C@]1(NC(=O)[C@@H]1C[C@@H](Oc2cc(-c3csc(NC(C)C)n3)nc3cc(OC)ccc23)CN1C(=O)[C@@H](CC(=O)OC(C)(C)C)C(C)(C)C)C(=O)OCC. The van der Waals surface area contributed by atoms with Crippen LogP contribution in [0.1, 0.15) is 81.6 Å². The van der Waals surface area contributed by atoms with E-state index in [1.807, 2.05) is 64.3 Å². The number of thiazole rings is 1. The normalized spacial score (nSPS) is 21.5. The van der Waals surface area contributed by atoms with E-state index in [1.165, 1.54) is 16.2 Å². The summed E-state index contributed by atoms with van der Waals surface area (Å²) in [5, 5.41) is 9.65. The van der Waals surface area contributed by atoms with E-state index in [4.69, 9.17) is 28.9 Å². The Bertz CT molecular complexity index is 1930. The summed E-state index contributed by atoms with van der Waals surface area (Å²) >= 11 is 1.47. The Morgan fingerprint density at radius 2 is 1.82 bits per heavy atom. The summed E-state index contributed by atoms with van der Waals surface area (Å²) in [7, 11) is 1.58. The van der Waals surface area contributed by atoms with Crippen LogP contribution in [0.5, 0.6) is 11.5 Å². The van der Waals surface area contributed by atoms with Crippen molar-refractivity contribution in [3.05, 3.63) is 42.3 Å². The summed E-state index contributed by atoms with van der Waals surface area (Å²) in [5.74, 6) is -1.99. The predicted octanol–water partition coefficient (Wildman–Crippen LogP) is 6.55. The van der Waals surface area contributed by atoms with Gasteiger partial charge in [0, 0.05) is 41.3 Å². The molecule has 3 aromatic rings. The number of hydrogen-bond acceptors (Lipinski definition) is 12. The molecule has 3 heterocycles. The number of aromatic nitrogens is 2. The fraction of sp³-hybridized carbons (Fsp3) is 0.561. The average molecular weight is 778 g/mol. The highest BCUT2D eigenvalue weighted by Crippen LogP contribution is 2.46. The Balaban J connectivity index is 1.52. The summed E-state index contributed by atoms with van der Waals surface area (Å²) in [4.78, 5) is 66.5. The van der Waals surface area contributed by atoms with Gasteiger partial charge in [0.05, 0.1) is 43.8 Å². The molecule has 2 N–H and O–H groups in total. The van der Waals surface area contributed by atoms with Crippen LogP contribution in [0.25, 0.3) is 22.3 Å². The fourth-order valence-electron chi connectivity index (χ4n) is 6.87. The molecule has 2 aromatic heterocycles. The van der Waals surface area contributed by atoms with E-state index in [0.717, 1.165) is 5.13 Å². The number of carbonyl (C=O) groups is 4. The van der Waals surface area contributed by atoms with E-state index < -0.39 is 52.5 Å². The number of nitrogens with zero attached hydrogens (tertiary/aromatic N) is 3. The van der Waals surface area contributed by atoms with E-state index in [1.54, 1.807) is 40.9 Å². The molecule has 2 aliphatic rings. The molecule has 2 fully saturated rings. The number of hydrogen-bond donors (Lipinski definition) is 2. The van der Waals surface area contributed by atoms with Crippen LogP contribution >= 0.6 is 11.3 Å². The van der Waals surface area contributed by atoms with Crippen LogP contribution in [0.2, 0.25) is 0 Å². The van der Waals surface area contributed by atoms with Crippen molar-refractivity contribution in [2.45, 2.75) is 111 Å². The van der Waals surface area contributed by atoms with Crippen molar-refractivity contribution in [2.75, 3.05) is 25.6 Å². The Morgan fingerprint density at radius 1 is 1.09 bits per heavy atom. The van der Waals surface area contributed by atoms with Gasteiger partial charge in [-0.05, 0) is 65.5 Å². The van der Waals surface area contributed by atoms with Crippen molar-refractivity contribution >= 4 is 51.1 Å². The lowest BCUT2D eigenvalue weighted by Crippen LogP contribution is -2.55. The molecule has 1 saturated heterocycles. The minimum atomic E-state index is -1.27. The second-order valence-corrected chi connectivity index (χ2v) is 17.5. The van der Waals surface area contributed by atoms with Crippen LogP contribution in [0.3, 0.4) is 0 Å². The minimum absolute atomic E-state index is 0.0452. The molecule has 0 spiro atoms. The van der Waals surface area contributed by atoms with E-state index in [-0.39, 0.29) is 43.9 Å². The third-order valence-electron chi connectivity index (χ3n) is 9.72. The number of likely N-dealkylation sites (tertiary alicyclic amines) is 1. The van der Waals surface area contributed by atoms with Gasteiger partial charge in [-0.3, -0.25) is 14.4 Å². The zero-order valence-electron chi connectivity index (χ0n) is 33.6. The van der Waals surface area contributed by atoms with Crippen LogP contribution in [-0.4, -0.2) is 88.2 Å². The minimum Gasteiger partial charge on any atom is -0.497 e. The number of fused-ring (bicyclic) bond motifs is 1. The third-order valence-corrected chi connectivity index (χ3v) is 10.5. The second-order valence-electron chi connectivity index (χ2n) is 16.6. The number of pyridine rings is 1. The lowest BCUT2D eigenvalue weighted by molar-refractivity contribution is -0.161. The zero-order chi connectivity index (χ0) is 40.5. The molecule has 5 rings (SSSR count). The van der Waals surface area contributed by atoms with Gasteiger partial charge < -0.3 is 34.5 Å². The number of rotatable bonds is 14. The topological polar surface area (TPSA) is 158 Å². The summed E-state index contributed by atoms with van der Waals surface area (Å²) in [6.45, 7) is 20.8. The molecule has 0 unspecified atom stereocenters. The number of nitrogens with one attached hydrogen (secondary N) is 2. The largest absolute Gasteiger partial charge is 0.497 e. The van der Waals surface area contributed by atoms with Gasteiger partial charge in [-0.2, -0.15) is 0 Å². The van der Waals surface area contributed by atoms with Gasteiger partial charge in [-0.1, -0.05) is 26.8 Å². The van der Waals surface area contributed by atoms with Crippen molar-refractivity contribution in [1.82, 2.24) is 20.2 Å². The highest BCUT2D eigenvalue weighted by atomic mass is 32.1. The first-order chi connectivity index (χ1) is 25.8. The molecule has 1 aromatic carbocycles. The Labute approximate surface area is 327 Å². The van der Waals surface area contributed by atoms with E-state index in [0.29, 0.717) is 40.2 Å². The van der Waals surface area contributed by atoms with Gasteiger partial charge in [0.15, 0.2) is 5.13 Å². The van der Waals surface area contributed by atoms with Gasteiger partial charge in [0.25, 0.3) is 0 Å². The molecule has 2 amide bonds. The van der Waals surface area contributed by atoms with Gasteiger partial charge in [0.1, 0.15) is 40.5 Å². The first kappa shape index (κ1) is 41.4. The summed E-state index contributed by atoms with van der Waals surface area (Å²) in [6.07, 6.45) is 1.26. The van der Waals surface area contributed by atoms with Crippen LogP contribution in [0.15, 0.2) is 42.3 Å². The molecule has 14 heteroatoms. The van der Waals surface area contributed by atoms with Gasteiger partial charge in [-0.15, -0.1) is 17.9 Å². The van der Waals surface area contributed by atoms with Crippen LogP contribution in [-0.2, 0) is 28.7 Å². The maximum atomic E-state index is 14.7. The smallest absolute Gasteiger partial charge is 0.332 e. The molecule has 55 heavy (non-hydrogen) atoms. The average Bonchev–Trinajstić information content (AvgIpc) is 3.37. The number of carbonyl (C=O) groups excluding carboxylic acids is 4. The summed E-state index contributed by atoms with van der Waals surface area (Å²) in [5.41, 5.74) is -0.833. The Kier molecular flexibility index (Phi) is 12.2. The number of anilines is 1. The van der Waals surface area contributed by atoms with Crippen molar-refractivity contribution in [3.63, 3.8) is 0 Å². The maximum Gasteiger partial charge on any atom is 0.332 e. The maximum absolute atomic E-state index is 14.7. The molecule has 0 radical (unpaired) electrons. The monoisotopic (exact) mass is 777 g/mol. The van der Waals surface area contributed by atoms with Gasteiger partial charge in [-0.25, -0.2) is 14.8 Å². The summed E-state index contributed by atoms with van der Waals surface area (Å²) < 4.78 is 23.2. The van der Waals surface area contributed by atoms with E-state index in [9.17, 15) is 19.2 Å². The molecule has 5 atom stereocenters. The second kappa shape index (κ2) is 16.2. The number of methoxy groups -OCH3 is 1. The third kappa shape index (κ3) is 9.57. The molecule has 1 aliphatic carbocycles. The number of esters is 2. The van der Waals surface area contributed by atoms with Gasteiger partial charge >= 0.3 is 11.9 Å². The predicted molar refractivity (Wildman–Crippen MR) is 212 cm³/mol. The highest BCUT2D eigenvalue weighted by molar-refractivity contribution is 7.14. The van der Waals surface area contributed by atoms with Crippen LogP contribution in [0, 0.1) is 17.3 Å². The molecular weight excluding hydrogens is 723 g/mol. The standard InChI is InChI=1S/C41H55N5O8S/c1-12-24-20-41(24,37(50)52-13-2)45-35(48)32-17-26(21-46(32)36(49)28(39(5,6)7)18-34(47)54-40(8,9)10)53-33-19-30(31-22-55-38(44-31)42-23(3)4)43-29-16-25(51-11)14-15-27(29)33/h12,14-16,19,22-24,26,28,32H,1,13,17-18,20-21H2,2-11H3,(H,42,44)(H,45,48)/t24-,26-,28-,32+,41-/m1/s1. The van der Waals surface area contributed by atoms with Crippen molar-refractivity contribution in [2.24, 2.45) is 17.3 Å². The molecular formula is C41H55N5O8S. The first-order valence-electron chi connectivity index (χ1n) is 18.8. The zero-order valence-corrected chi connectivity index (χ0v) is 34.4. The molecule has 13 nitrogen and oxygen atoms in total. The quantitative estimate of drug-likeness (QED) is 0.135. The Hall–Kier alpha value is -4.72. The van der Waals surface area contributed by atoms with Crippen LogP contribution < -0.4 is 20.1 Å². The highest BCUT2D eigenvalue weighted by Gasteiger charge is 2.62. The number of ether oxygens (including phenoxy) is 4. The van der Waals surface area contributed by atoms with Gasteiger partial charge in [0.2, 0.25) is 11.8 Å². The number of benzene rings is 1. The molecule has 1 aliphatic heterocycles. The first-order valence-corrected chi connectivity index (χ1v) is 19.7. The van der Waals surface area contributed by atoms with Crippen molar-refractivity contribution in [1.29, 1.82) is 0 Å². The van der Waals surface area contributed by atoms with Crippen LogP contribution in [0.4, 0.5) is 5.13 Å².